The van der Waals surface area contributed by atoms with Crippen LogP contribution < -0.4 is 5.32 Å². The molecule has 132 valence electrons. The van der Waals surface area contributed by atoms with E-state index in [2.05, 4.69) is 5.32 Å². The minimum Gasteiger partial charge on any atom is -0.456 e. The van der Waals surface area contributed by atoms with Crippen molar-refractivity contribution in [2.45, 2.75) is 10.4 Å². The lowest BCUT2D eigenvalue weighted by Gasteiger charge is -2.10. The van der Waals surface area contributed by atoms with Crippen molar-refractivity contribution >= 4 is 35.2 Å². The number of benzene rings is 2. The second kappa shape index (κ2) is 8.26. The molecular formula is C16H12ClF3N2O2S. The average Bonchev–Trinajstić information content (AvgIpc) is 2.54. The summed E-state index contributed by atoms with van der Waals surface area (Å²) >= 11 is 5.49. The number of rotatable bonds is 5. The van der Waals surface area contributed by atoms with Gasteiger partial charge in [-0.05, 0) is 60.3 Å². The van der Waals surface area contributed by atoms with Crippen LogP contribution in [0.15, 0.2) is 53.4 Å². The normalized spacial score (nSPS) is 11.0. The number of ether oxygens (including phenoxy) is 1. The SMILES string of the molecule is N=C(OCNC(=O)c1ccc(SC(F)(F)F)cc1)c1ccc(Cl)cc1. The van der Waals surface area contributed by atoms with Crippen LogP contribution in [0.5, 0.6) is 0 Å². The van der Waals surface area contributed by atoms with Crippen LogP contribution in [0.25, 0.3) is 0 Å². The maximum absolute atomic E-state index is 12.2. The van der Waals surface area contributed by atoms with Crippen molar-refractivity contribution in [3.8, 4) is 0 Å². The Morgan fingerprint density at radius 1 is 1.08 bits per heavy atom. The quantitative estimate of drug-likeness (QED) is 0.338. The largest absolute Gasteiger partial charge is 0.456 e. The van der Waals surface area contributed by atoms with E-state index in [-0.39, 0.29) is 34.8 Å². The summed E-state index contributed by atoms with van der Waals surface area (Å²) in [7, 11) is 0. The first kappa shape index (κ1) is 19.1. The van der Waals surface area contributed by atoms with Crippen LogP contribution in [-0.2, 0) is 4.74 Å². The van der Waals surface area contributed by atoms with Crippen molar-refractivity contribution in [1.82, 2.24) is 5.32 Å². The molecule has 25 heavy (non-hydrogen) atoms. The van der Waals surface area contributed by atoms with E-state index in [1.165, 1.54) is 24.3 Å². The molecule has 0 aliphatic carbocycles. The molecule has 0 aromatic heterocycles. The third-order valence-corrected chi connectivity index (χ3v) is 3.90. The first-order chi connectivity index (χ1) is 11.7. The molecule has 0 fully saturated rings. The summed E-state index contributed by atoms with van der Waals surface area (Å²) in [4.78, 5) is 11.9. The zero-order chi connectivity index (χ0) is 18.4. The van der Waals surface area contributed by atoms with E-state index in [1.54, 1.807) is 24.3 Å². The second-order valence-electron chi connectivity index (χ2n) is 4.70. The van der Waals surface area contributed by atoms with Gasteiger partial charge in [-0.15, -0.1) is 0 Å². The van der Waals surface area contributed by atoms with Crippen molar-refractivity contribution < 1.29 is 22.7 Å². The number of nitrogens with one attached hydrogen (secondary N) is 2. The first-order valence-electron chi connectivity index (χ1n) is 6.86. The fraction of sp³-hybridized carbons (Fsp3) is 0.125. The molecule has 0 spiro atoms. The van der Waals surface area contributed by atoms with Crippen molar-refractivity contribution in [2.75, 3.05) is 6.73 Å². The molecular weight excluding hydrogens is 377 g/mol. The Labute approximate surface area is 150 Å². The Bertz CT molecular complexity index is 749. The van der Waals surface area contributed by atoms with Crippen LogP contribution >= 0.6 is 23.4 Å². The molecule has 9 heteroatoms. The van der Waals surface area contributed by atoms with E-state index in [0.717, 1.165) is 0 Å². The number of hydrogen-bond acceptors (Lipinski definition) is 4. The van der Waals surface area contributed by atoms with Crippen molar-refractivity contribution in [1.29, 1.82) is 5.41 Å². The Morgan fingerprint density at radius 3 is 2.20 bits per heavy atom. The molecule has 0 saturated carbocycles. The number of hydrogen-bond donors (Lipinski definition) is 2. The highest BCUT2D eigenvalue weighted by atomic mass is 35.5. The number of alkyl halides is 3. The molecule has 0 bridgehead atoms. The van der Waals surface area contributed by atoms with Gasteiger partial charge < -0.3 is 10.1 Å². The van der Waals surface area contributed by atoms with Crippen molar-refractivity contribution in [2.24, 2.45) is 0 Å². The smallest absolute Gasteiger partial charge is 0.446 e. The zero-order valence-electron chi connectivity index (χ0n) is 12.6. The standard InChI is InChI=1S/C16H12ClF3N2O2S/c17-12-5-1-10(2-6-12)14(21)24-9-22-15(23)11-3-7-13(8-4-11)25-16(18,19)20/h1-8,21H,9H2,(H,22,23). The summed E-state index contributed by atoms with van der Waals surface area (Å²) < 4.78 is 41.8. The highest BCUT2D eigenvalue weighted by Crippen LogP contribution is 2.36. The zero-order valence-corrected chi connectivity index (χ0v) is 14.1. The Morgan fingerprint density at radius 2 is 1.64 bits per heavy atom. The highest BCUT2D eigenvalue weighted by Gasteiger charge is 2.29. The van der Waals surface area contributed by atoms with Crippen LogP contribution in [0.2, 0.25) is 5.02 Å². The lowest BCUT2D eigenvalue weighted by Crippen LogP contribution is -2.27. The maximum Gasteiger partial charge on any atom is 0.446 e. The van der Waals surface area contributed by atoms with Gasteiger partial charge in [0.15, 0.2) is 6.73 Å². The Balaban J connectivity index is 1.83. The minimum absolute atomic E-state index is 0.00943. The van der Waals surface area contributed by atoms with Crippen molar-refractivity contribution in [3.05, 3.63) is 64.7 Å². The molecule has 2 aromatic carbocycles. The van der Waals surface area contributed by atoms with Gasteiger partial charge in [0.1, 0.15) is 0 Å². The van der Waals surface area contributed by atoms with Crippen LogP contribution in [-0.4, -0.2) is 24.0 Å². The third-order valence-electron chi connectivity index (χ3n) is 2.91. The first-order valence-corrected chi connectivity index (χ1v) is 8.05. The summed E-state index contributed by atoms with van der Waals surface area (Å²) in [5.74, 6) is -0.665. The van der Waals surface area contributed by atoms with Crippen LogP contribution in [0.3, 0.4) is 0 Å². The van der Waals surface area contributed by atoms with Gasteiger partial charge in [-0.3, -0.25) is 10.2 Å². The highest BCUT2D eigenvalue weighted by molar-refractivity contribution is 8.00. The molecule has 4 nitrogen and oxygen atoms in total. The van der Waals surface area contributed by atoms with E-state index in [0.29, 0.717) is 10.6 Å². The van der Waals surface area contributed by atoms with E-state index < -0.39 is 11.4 Å². The predicted octanol–water partition coefficient (Wildman–Crippen LogP) is 4.68. The van der Waals surface area contributed by atoms with Gasteiger partial charge in [-0.2, -0.15) is 13.2 Å². The van der Waals surface area contributed by atoms with Gasteiger partial charge in [0.25, 0.3) is 5.91 Å². The maximum atomic E-state index is 12.2. The monoisotopic (exact) mass is 388 g/mol. The molecule has 0 saturated heterocycles. The fourth-order valence-electron chi connectivity index (χ4n) is 1.77. The second-order valence-corrected chi connectivity index (χ2v) is 6.28. The molecule has 2 rings (SSSR count). The Hall–Kier alpha value is -2.19. The topological polar surface area (TPSA) is 62.2 Å². The van der Waals surface area contributed by atoms with Gasteiger partial charge in [-0.1, -0.05) is 11.6 Å². The fourth-order valence-corrected chi connectivity index (χ4v) is 2.43. The minimum atomic E-state index is -4.38. The molecule has 2 N–H and O–H groups in total. The third kappa shape index (κ3) is 6.32. The molecule has 2 aromatic rings. The van der Waals surface area contributed by atoms with Gasteiger partial charge in [0.05, 0.1) is 0 Å². The summed E-state index contributed by atoms with van der Waals surface area (Å²) in [5, 5.41) is 10.7. The van der Waals surface area contributed by atoms with Crippen LogP contribution in [0, 0.1) is 5.41 Å². The summed E-state index contributed by atoms with van der Waals surface area (Å²) in [6.07, 6.45) is 0. The van der Waals surface area contributed by atoms with E-state index in [1.807, 2.05) is 0 Å². The van der Waals surface area contributed by atoms with Crippen LogP contribution in [0.4, 0.5) is 13.2 Å². The van der Waals surface area contributed by atoms with Gasteiger partial charge in [0.2, 0.25) is 5.90 Å². The molecule has 0 unspecified atom stereocenters. The number of halogens is 4. The molecule has 1 amide bonds. The van der Waals surface area contributed by atoms with Gasteiger partial charge >= 0.3 is 5.51 Å². The number of thioether (sulfide) groups is 1. The lowest BCUT2D eigenvalue weighted by molar-refractivity contribution is -0.0328. The molecule has 0 aliphatic heterocycles. The predicted molar refractivity (Wildman–Crippen MR) is 90.1 cm³/mol. The number of amides is 1. The average molecular weight is 389 g/mol. The molecule has 0 aliphatic rings. The summed E-state index contributed by atoms with van der Waals surface area (Å²) in [6.45, 7) is -0.251. The van der Waals surface area contributed by atoms with E-state index >= 15 is 0 Å². The molecule has 0 atom stereocenters. The summed E-state index contributed by atoms with van der Waals surface area (Å²) in [6, 6.07) is 11.4. The molecule has 0 radical (unpaired) electrons. The van der Waals surface area contributed by atoms with E-state index in [4.69, 9.17) is 21.7 Å². The number of carbonyl (C=O) groups is 1. The van der Waals surface area contributed by atoms with E-state index in [9.17, 15) is 18.0 Å². The van der Waals surface area contributed by atoms with Crippen molar-refractivity contribution in [3.63, 3.8) is 0 Å². The molecule has 0 heterocycles. The lowest BCUT2D eigenvalue weighted by atomic mass is 10.2. The van der Waals surface area contributed by atoms with Crippen LogP contribution in [0.1, 0.15) is 15.9 Å². The Kier molecular flexibility index (Phi) is 6.33. The number of carbonyl (C=O) groups excluding carboxylic acids is 1. The van der Waals surface area contributed by atoms with Gasteiger partial charge in [-0.25, -0.2) is 0 Å². The van der Waals surface area contributed by atoms with Gasteiger partial charge in [0, 0.05) is 21.0 Å². The summed E-state index contributed by atoms with van der Waals surface area (Å²) in [5.41, 5.74) is -3.69.